The Bertz CT molecular complexity index is 778. The maximum absolute atomic E-state index is 12.5. The van der Waals surface area contributed by atoms with Crippen molar-refractivity contribution in [1.29, 1.82) is 0 Å². The van der Waals surface area contributed by atoms with Crippen molar-refractivity contribution in [3.63, 3.8) is 0 Å². The van der Waals surface area contributed by atoms with Crippen molar-refractivity contribution in [3.8, 4) is 0 Å². The van der Waals surface area contributed by atoms with E-state index in [-0.39, 0.29) is 11.4 Å². The highest BCUT2D eigenvalue weighted by Crippen LogP contribution is 2.30. The predicted octanol–water partition coefficient (Wildman–Crippen LogP) is 3.44. The summed E-state index contributed by atoms with van der Waals surface area (Å²) in [6.45, 7) is 1.97. The molecular formula is C16H20ClN3O2S. The highest BCUT2D eigenvalue weighted by atomic mass is 35.5. The molecule has 0 bridgehead atoms. The van der Waals surface area contributed by atoms with Gasteiger partial charge >= 0.3 is 0 Å². The summed E-state index contributed by atoms with van der Waals surface area (Å²) in [5.41, 5.74) is 1.40. The van der Waals surface area contributed by atoms with Crippen LogP contribution < -0.4 is 4.72 Å². The molecule has 0 spiro atoms. The minimum Gasteiger partial charge on any atom is -0.268 e. The van der Waals surface area contributed by atoms with Crippen molar-refractivity contribution >= 4 is 21.6 Å². The summed E-state index contributed by atoms with van der Waals surface area (Å²) >= 11 is 5.83. The first-order chi connectivity index (χ1) is 11.0. The summed E-state index contributed by atoms with van der Waals surface area (Å²) in [5.74, 6) is 0. The van der Waals surface area contributed by atoms with Gasteiger partial charge < -0.3 is 0 Å². The summed E-state index contributed by atoms with van der Waals surface area (Å²) in [6.07, 6.45) is 6.16. The van der Waals surface area contributed by atoms with Crippen molar-refractivity contribution in [3.05, 3.63) is 46.7 Å². The van der Waals surface area contributed by atoms with Gasteiger partial charge in [0, 0.05) is 17.8 Å². The molecule has 1 N–H and O–H groups in total. The number of hydrogen-bond donors (Lipinski definition) is 1. The summed E-state index contributed by atoms with van der Waals surface area (Å²) in [7, 11) is -3.57. The van der Waals surface area contributed by atoms with Crippen LogP contribution in [0.4, 0.5) is 0 Å². The van der Waals surface area contributed by atoms with E-state index in [1.54, 1.807) is 37.4 Å². The smallest absolute Gasteiger partial charge is 0.244 e. The first kappa shape index (κ1) is 16.5. The molecule has 1 aliphatic carbocycles. The van der Waals surface area contributed by atoms with Gasteiger partial charge in [0.2, 0.25) is 10.0 Å². The van der Waals surface area contributed by atoms with Crippen LogP contribution in [0, 0.1) is 6.92 Å². The molecule has 23 heavy (non-hydrogen) atoms. The minimum atomic E-state index is -3.57. The number of halogens is 1. The van der Waals surface area contributed by atoms with Crippen molar-refractivity contribution in [2.24, 2.45) is 0 Å². The van der Waals surface area contributed by atoms with Gasteiger partial charge in [-0.25, -0.2) is 13.1 Å². The zero-order valence-electron chi connectivity index (χ0n) is 13.0. The molecule has 0 amide bonds. The number of benzene rings is 1. The Labute approximate surface area is 141 Å². The lowest BCUT2D eigenvalue weighted by molar-refractivity contribution is 0.464. The maximum Gasteiger partial charge on any atom is 0.244 e. The molecule has 1 saturated carbocycles. The fourth-order valence-electron chi connectivity index (χ4n) is 2.94. The molecule has 124 valence electrons. The number of aromatic nitrogens is 2. The fraction of sp³-hybridized carbons (Fsp3) is 0.438. The highest BCUT2D eigenvalue weighted by Gasteiger charge is 2.24. The molecule has 2 aromatic rings. The predicted molar refractivity (Wildman–Crippen MR) is 89.9 cm³/mol. The Morgan fingerprint density at radius 3 is 2.57 bits per heavy atom. The van der Waals surface area contributed by atoms with Gasteiger partial charge in [-0.2, -0.15) is 5.10 Å². The van der Waals surface area contributed by atoms with Crippen LogP contribution in [0.5, 0.6) is 0 Å². The summed E-state index contributed by atoms with van der Waals surface area (Å²) in [6, 6.07) is 7.43. The van der Waals surface area contributed by atoms with Gasteiger partial charge in [0.15, 0.2) is 0 Å². The van der Waals surface area contributed by atoms with Crippen LogP contribution in [0.15, 0.2) is 35.4 Å². The van der Waals surface area contributed by atoms with Crippen LogP contribution in [0.1, 0.15) is 43.0 Å². The molecule has 0 atom stereocenters. The average molecular weight is 354 g/mol. The summed E-state index contributed by atoms with van der Waals surface area (Å²) < 4.78 is 29.5. The van der Waals surface area contributed by atoms with E-state index in [2.05, 4.69) is 9.82 Å². The van der Waals surface area contributed by atoms with E-state index in [4.69, 9.17) is 11.6 Å². The van der Waals surface area contributed by atoms with Gasteiger partial charge in [0.05, 0.1) is 11.7 Å². The molecule has 1 aliphatic rings. The van der Waals surface area contributed by atoms with E-state index in [1.165, 1.54) is 12.8 Å². The van der Waals surface area contributed by atoms with Gasteiger partial charge in [0.25, 0.3) is 0 Å². The lowest BCUT2D eigenvalue weighted by Crippen LogP contribution is -2.23. The SMILES string of the molecule is Cc1nn(C2CCCC2)cc1S(=O)(=O)NCc1ccc(Cl)cc1. The third-order valence-electron chi connectivity index (χ3n) is 4.24. The fourth-order valence-corrected chi connectivity index (χ4v) is 4.26. The minimum absolute atomic E-state index is 0.230. The quantitative estimate of drug-likeness (QED) is 0.895. The van der Waals surface area contributed by atoms with Crippen LogP contribution in [-0.2, 0) is 16.6 Å². The third-order valence-corrected chi connectivity index (χ3v) is 6.00. The summed E-state index contributed by atoms with van der Waals surface area (Å²) in [4.78, 5) is 0.262. The lowest BCUT2D eigenvalue weighted by Gasteiger charge is -2.08. The molecule has 1 aromatic heterocycles. The molecule has 7 heteroatoms. The van der Waals surface area contributed by atoms with Gasteiger partial charge in [-0.15, -0.1) is 0 Å². The van der Waals surface area contributed by atoms with E-state index in [0.717, 1.165) is 18.4 Å². The van der Waals surface area contributed by atoms with Crippen LogP contribution in [-0.4, -0.2) is 18.2 Å². The standard InChI is InChI=1S/C16H20ClN3O2S/c1-12-16(11-20(19-12)15-4-2-3-5-15)23(21,22)18-10-13-6-8-14(17)9-7-13/h6-9,11,15,18H,2-5,10H2,1H3. The summed E-state index contributed by atoms with van der Waals surface area (Å²) in [5, 5.41) is 5.04. The third kappa shape index (κ3) is 3.76. The van der Waals surface area contributed by atoms with Gasteiger partial charge in [-0.05, 0) is 37.5 Å². The van der Waals surface area contributed by atoms with Crippen molar-refractivity contribution in [1.82, 2.24) is 14.5 Å². The van der Waals surface area contributed by atoms with Gasteiger partial charge in [-0.3, -0.25) is 4.68 Å². The highest BCUT2D eigenvalue weighted by molar-refractivity contribution is 7.89. The zero-order valence-corrected chi connectivity index (χ0v) is 14.6. The molecule has 5 nitrogen and oxygen atoms in total. The second-order valence-electron chi connectivity index (χ2n) is 5.95. The molecular weight excluding hydrogens is 334 g/mol. The Balaban J connectivity index is 1.75. The van der Waals surface area contributed by atoms with Crippen molar-refractivity contribution in [2.45, 2.75) is 50.1 Å². The Hall–Kier alpha value is -1.37. The maximum atomic E-state index is 12.5. The number of aryl methyl sites for hydroxylation is 1. The van der Waals surface area contributed by atoms with Crippen LogP contribution in [0.3, 0.4) is 0 Å². The number of sulfonamides is 1. The van der Waals surface area contributed by atoms with Gasteiger partial charge in [-0.1, -0.05) is 36.6 Å². The van der Waals surface area contributed by atoms with Crippen LogP contribution in [0.25, 0.3) is 0 Å². The number of nitrogens with zero attached hydrogens (tertiary/aromatic N) is 2. The number of hydrogen-bond acceptors (Lipinski definition) is 3. The van der Waals surface area contributed by atoms with Crippen molar-refractivity contribution in [2.75, 3.05) is 0 Å². The van der Waals surface area contributed by atoms with Crippen LogP contribution in [0.2, 0.25) is 5.02 Å². The second-order valence-corrected chi connectivity index (χ2v) is 8.12. The number of nitrogens with one attached hydrogen (secondary N) is 1. The monoisotopic (exact) mass is 353 g/mol. The average Bonchev–Trinajstić information content (AvgIpc) is 3.16. The molecule has 1 heterocycles. The van der Waals surface area contributed by atoms with E-state index in [1.807, 2.05) is 4.68 Å². The Morgan fingerprint density at radius 2 is 1.91 bits per heavy atom. The molecule has 0 unspecified atom stereocenters. The van der Waals surface area contributed by atoms with E-state index in [9.17, 15) is 8.42 Å². The van der Waals surface area contributed by atoms with E-state index >= 15 is 0 Å². The Kier molecular flexibility index (Phi) is 4.75. The topological polar surface area (TPSA) is 64.0 Å². The molecule has 1 aromatic carbocycles. The molecule has 0 radical (unpaired) electrons. The van der Waals surface area contributed by atoms with Crippen LogP contribution >= 0.6 is 11.6 Å². The first-order valence-electron chi connectivity index (χ1n) is 7.75. The lowest BCUT2D eigenvalue weighted by atomic mass is 10.2. The van der Waals surface area contributed by atoms with Crippen molar-refractivity contribution < 1.29 is 8.42 Å². The number of rotatable bonds is 5. The van der Waals surface area contributed by atoms with E-state index in [0.29, 0.717) is 16.8 Å². The molecule has 0 aliphatic heterocycles. The second kappa shape index (κ2) is 6.63. The van der Waals surface area contributed by atoms with Gasteiger partial charge in [0.1, 0.15) is 4.90 Å². The molecule has 3 rings (SSSR count). The zero-order chi connectivity index (χ0) is 16.4. The molecule has 0 saturated heterocycles. The first-order valence-corrected chi connectivity index (χ1v) is 9.62. The molecule has 1 fully saturated rings. The normalized spacial score (nSPS) is 16.1. The Morgan fingerprint density at radius 1 is 1.26 bits per heavy atom. The van der Waals surface area contributed by atoms with E-state index < -0.39 is 10.0 Å². The largest absolute Gasteiger partial charge is 0.268 e.